The molecule has 8 heteroatoms. The zero-order valence-electron chi connectivity index (χ0n) is 21.3. The molecule has 0 radical (unpaired) electrons. The molecule has 2 heterocycles. The fourth-order valence-electron chi connectivity index (χ4n) is 4.48. The zero-order valence-corrected chi connectivity index (χ0v) is 21.3. The fourth-order valence-corrected chi connectivity index (χ4v) is 4.48. The van der Waals surface area contributed by atoms with Crippen LogP contribution in [0.5, 0.6) is 5.75 Å². The second kappa shape index (κ2) is 11.6. The summed E-state index contributed by atoms with van der Waals surface area (Å²) in [6.07, 6.45) is 4.68. The highest BCUT2D eigenvalue weighted by Gasteiger charge is 2.37. The molecule has 0 fully saturated rings. The van der Waals surface area contributed by atoms with Crippen molar-refractivity contribution in [3.05, 3.63) is 70.8 Å². The summed E-state index contributed by atoms with van der Waals surface area (Å²) < 4.78 is 5.87. The van der Waals surface area contributed by atoms with Crippen LogP contribution in [0.1, 0.15) is 61.9 Å². The molecule has 1 aliphatic heterocycles. The van der Waals surface area contributed by atoms with Gasteiger partial charge in [-0.1, -0.05) is 18.2 Å². The number of allylic oxidation sites excluding steroid dienone is 1. The number of hydrogen-bond donors (Lipinski definition) is 3. The number of nitrogens with zero attached hydrogens (tertiary/aromatic N) is 3. The Kier molecular flexibility index (Phi) is 8.75. The lowest BCUT2D eigenvalue weighted by Gasteiger charge is -2.32. The lowest BCUT2D eigenvalue weighted by Crippen LogP contribution is -2.32. The number of fused-ring (bicyclic) bond motifs is 1. The van der Waals surface area contributed by atoms with E-state index in [4.69, 9.17) is 16.3 Å². The Morgan fingerprint density at radius 3 is 2.86 bits per heavy atom. The van der Waals surface area contributed by atoms with Crippen LogP contribution >= 0.6 is 0 Å². The van der Waals surface area contributed by atoms with Crippen molar-refractivity contribution in [3.63, 3.8) is 0 Å². The molecule has 1 aliphatic rings. The minimum absolute atomic E-state index is 0.214. The van der Waals surface area contributed by atoms with Gasteiger partial charge in [0.15, 0.2) is 0 Å². The molecule has 190 valence electrons. The summed E-state index contributed by atoms with van der Waals surface area (Å²) in [5.74, 6) is 5.66. The minimum atomic E-state index is -0.959. The Morgan fingerprint density at radius 2 is 2.14 bits per heavy atom. The third-order valence-corrected chi connectivity index (χ3v) is 6.90. The van der Waals surface area contributed by atoms with Crippen molar-refractivity contribution in [2.75, 3.05) is 19.7 Å². The van der Waals surface area contributed by atoms with Gasteiger partial charge < -0.3 is 20.6 Å². The summed E-state index contributed by atoms with van der Waals surface area (Å²) in [6.45, 7) is 11.1. The van der Waals surface area contributed by atoms with Crippen LogP contribution in [0.25, 0.3) is 0 Å². The van der Waals surface area contributed by atoms with Gasteiger partial charge in [-0.15, -0.1) is 0 Å². The zero-order chi connectivity index (χ0) is 25.6. The Bertz CT molecular complexity index is 1050. The minimum Gasteiger partial charge on any atom is -0.490 e. The second-order valence-corrected chi connectivity index (χ2v) is 9.85. The molecule has 1 aromatic heterocycles. The summed E-state index contributed by atoms with van der Waals surface area (Å²) in [6, 6.07) is 10.2. The lowest BCUT2D eigenvalue weighted by atomic mass is 9.72. The standard InChI is InChI=1S/C27H39N5O3/c1-5-32(29)17-22(28)10-11-23(27(3,4)26(33)34)20-9-8-19(2)21(15-20)16-31-13-14-35-25-7-6-12-30-24(25)18-31/h6-9,12,15,17,23H,5,10-11,13-14,16,18,28-29H2,1-4H3,(H,33,34)/b22-17-. The van der Waals surface area contributed by atoms with E-state index >= 15 is 0 Å². The first-order valence-corrected chi connectivity index (χ1v) is 12.2. The van der Waals surface area contributed by atoms with Gasteiger partial charge in [-0.25, -0.2) is 5.84 Å². The van der Waals surface area contributed by atoms with Crippen LogP contribution in [0.3, 0.4) is 0 Å². The largest absolute Gasteiger partial charge is 0.490 e. The maximum atomic E-state index is 12.2. The maximum absolute atomic E-state index is 12.2. The van der Waals surface area contributed by atoms with Gasteiger partial charge in [0.2, 0.25) is 0 Å². The van der Waals surface area contributed by atoms with Crippen molar-refractivity contribution in [2.24, 2.45) is 17.0 Å². The lowest BCUT2D eigenvalue weighted by molar-refractivity contribution is -0.148. The maximum Gasteiger partial charge on any atom is 0.309 e. The SMILES string of the molecule is CCN(N)/C=C(\N)CCC(c1ccc(C)c(CN2CCOc3cccnc3C2)c1)C(C)(C)C(=O)O. The highest BCUT2D eigenvalue weighted by atomic mass is 16.5. The van der Waals surface area contributed by atoms with E-state index in [0.29, 0.717) is 38.2 Å². The first-order valence-electron chi connectivity index (χ1n) is 12.2. The highest BCUT2D eigenvalue weighted by molar-refractivity contribution is 5.75. The Labute approximate surface area is 208 Å². The summed E-state index contributed by atoms with van der Waals surface area (Å²) in [5, 5.41) is 11.6. The molecular formula is C27H39N5O3. The van der Waals surface area contributed by atoms with Gasteiger partial charge in [-0.3, -0.25) is 14.7 Å². The molecule has 0 spiro atoms. The number of carboxylic acids is 1. The first kappa shape index (κ1) is 26.5. The second-order valence-electron chi connectivity index (χ2n) is 9.85. The molecule has 1 atom stereocenters. The number of nitrogens with two attached hydrogens (primary N) is 2. The molecule has 1 unspecified atom stereocenters. The van der Waals surface area contributed by atoms with Crippen molar-refractivity contribution in [2.45, 2.75) is 59.5 Å². The number of aliphatic carboxylic acids is 1. The number of hydrogen-bond acceptors (Lipinski definition) is 7. The Hall–Kier alpha value is -3.10. The van der Waals surface area contributed by atoms with E-state index in [0.717, 1.165) is 30.1 Å². The third kappa shape index (κ3) is 6.74. The number of pyridine rings is 1. The van der Waals surface area contributed by atoms with Crippen LogP contribution in [0, 0.1) is 12.3 Å². The van der Waals surface area contributed by atoms with E-state index in [1.165, 1.54) is 16.1 Å². The number of carboxylic acid groups (broad SMARTS) is 1. The number of aromatic nitrogens is 1. The normalized spacial score (nSPS) is 15.6. The van der Waals surface area contributed by atoms with Crippen molar-refractivity contribution in [1.29, 1.82) is 0 Å². The van der Waals surface area contributed by atoms with Crippen molar-refractivity contribution >= 4 is 5.97 Å². The topological polar surface area (TPSA) is 118 Å². The molecule has 8 nitrogen and oxygen atoms in total. The molecule has 0 aliphatic carbocycles. The molecular weight excluding hydrogens is 442 g/mol. The average Bonchev–Trinajstić information content (AvgIpc) is 3.02. The fraction of sp³-hybridized carbons (Fsp3) is 0.481. The molecule has 5 N–H and O–H groups in total. The van der Waals surface area contributed by atoms with Crippen LogP contribution in [-0.4, -0.2) is 45.7 Å². The number of carbonyl (C=O) groups is 1. The number of aryl methyl sites for hydroxylation is 1. The smallest absolute Gasteiger partial charge is 0.309 e. The molecule has 1 aromatic carbocycles. The van der Waals surface area contributed by atoms with Gasteiger partial charge in [0.1, 0.15) is 12.4 Å². The summed E-state index contributed by atoms with van der Waals surface area (Å²) in [7, 11) is 0. The molecule has 2 aromatic rings. The van der Waals surface area contributed by atoms with E-state index in [9.17, 15) is 9.90 Å². The molecule has 0 saturated heterocycles. The van der Waals surface area contributed by atoms with Gasteiger partial charge in [-0.05, 0) is 75.3 Å². The number of rotatable bonds is 10. The molecule has 3 rings (SSSR count). The average molecular weight is 482 g/mol. The number of benzene rings is 1. The monoisotopic (exact) mass is 481 g/mol. The van der Waals surface area contributed by atoms with Gasteiger partial charge >= 0.3 is 5.97 Å². The van der Waals surface area contributed by atoms with Gasteiger partial charge in [-0.2, -0.15) is 0 Å². The summed E-state index contributed by atoms with van der Waals surface area (Å²) >= 11 is 0. The quantitative estimate of drug-likeness (QED) is 0.347. The van der Waals surface area contributed by atoms with Crippen LogP contribution in [0.4, 0.5) is 0 Å². The number of ether oxygens (including phenoxy) is 1. The van der Waals surface area contributed by atoms with E-state index in [-0.39, 0.29) is 5.92 Å². The summed E-state index contributed by atoms with van der Waals surface area (Å²) in [5.41, 5.74) is 10.2. The molecule has 0 bridgehead atoms. The van der Waals surface area contributed by atoms with Crippen molar-refractivity contribution < 1.29 is 14.6 Å². The Morgan fingerprint density at radius 1 is 1.37 bits per heavy atom. The van der Waals surface area contributed by atoms with E-state index in [1.54, 1.807) is 26.2 Å². The van der Waals surface area contributed by atoms with E-state index in [2.05, 4.69) is 35.0 Å². The van der Waals surface area contributed by atoms with Crippen LogP contribution in [0.15, 0.2) is 48.4 Å². The molecule has 35 heavy (non-hydrogen) atoms. The molecule has 0 saturated carbocycles. The Balaban J connectivity index is 1.85. The van der Waals surface area contributed by atoms with Crippen molar-refractivity contribution in [3.8, 4) is 5.75 Å². The predicted molar refractivity (Wildman–Crippen MR) is 137 cm³/mol. The third-order valence-electron chi connectivity index (χ3n) is 6.90. The van der Waals surface area contributed by atoms with Gasteiger partial charge in [0.25, 0.3) is 0 Å². The highest BCUT2D eigenvalue weighted by Crippen LogP contribution is 2.40. The van der Waals surface area contributed by atoms with Crippen molar-refractivity contribution in [1.82, 2.24) is 14.9 Å². The van der Waals surface area contributed by atoms with E-state index in [1.807, 2.05) is 19.1 Å². The van der Waals surface area contributed by atoms with Gasteiger partial charge in [0, 0.05) is 44.3 Å². The molecule has 0 amide bonds. The first-order chi connectivity index (χ1) is 16.6. The number of hydrazine groups is 1. The van der Waals surface area contributed by atoms with Crippen LogP contribution < -0.4 is 16.3 Å². The van der Waals surface area contributed by atoms with Gasteiger partial charge in [0.05, 0.1) is 11.1 Å². The summed E-state index contributed by atoms with van der Waals surface area (Å²) in [4.78, 5) is 19.0. The predicted octanol–water partition coefficient (Wildman–Crippen LogP) is 3.75. The van der Waals surface area contributed by atoms with Crippen LogP contribution in [-0.2, 0) is 17.9 Å². The van der Waals surface area contributed by atoms with Crippen LogP contribution in [0.2, 0.25) is 0 Å². The van der Waals surface area contributed by atoms with E-state index < -0.39 is 11.4 Å².